The highest BCUT2D eigenvalue weighted by molar-refractivity contribution is 5.95. The van der Waals surface area contributed by atoms with Gasteiger partial charge in [0.15, 0.2) is 0 Å². The van der Waals surface area contributed by atoms with Crippen LogP contribution < -0.4 is 10.6 Å². The number of hydrogen-bond acceptors (Lipinski definition) is 2. The van der Waals surface area contributed by atoms with Gasteiger partial charge in [0.25, 0.3) is 0 Å². The molecular weight excluding hydrogens is 300 g/mol. The number of carbonyl (C=O) groups is 2. The van der Waals surface area contributed by atoms with Gasteiger partial charge in [-0.05, 0) is 68.9 Å². The van der Waals surface area contributed by atoms with Gasteiger partial charge in [-0.15, -0.1) is 0 Å². The smallest absolute Gasteiger partial charge is 0.243 e. The van der Waals surface area contributed by atoms with E-state index >= 15 is 0 Å². The molecule has 2 fully saturated rings. The molecule has 24 heavy (non-hydrogen) atoms. The molecule has 4 nitrogen and oxygen atoms in total. The van der Waals surface area contributed by atoms with E-state index in [0.29, 0.717) is 12.3 Å². The van der Waals surface area contributed by atoms with Crippen molar-refractivity contribution in [2.75, 3.05) is 11.9 Å². The van der Waals surface area contributed by atoms with Crippen LogP contribution in [0.3, 0.4) is 0 Å². The van der Waals surface area contributed by atoms with Crippen LogP contribution in [-0.4, -0.2) is 18.4 Å². The minimum absolute atomic E-state index is 0.0139. The SMILES string of the molecule is Cc1cc(C)c(NC(=O)CNC(=O)CC2CC3CCC2C3)c(C)c1. The van der Waals surface area contributed by atoms with Gasteiger partial charge in [0.05, 0.1) is 6.54 Å². The number of rotatable bonds is 5. The van der Waals surface area contributed by atoms with Gasteiger partial charge in [-0.1, -0.05) is 24.1 Å². The third kappa shape index (κ3) is 3.80. The molecule has 2 bridgehead atoms. The fraction of sp³-hybridized carbons (Fsp3) is 0.600. The lowest BCUT2D eigenvalue weighted by molar-refractivity contribution is -0.125. The van der Waals surface area contributed by atoms with Crippen molar-refractivity contribution in [1.82, 2.24) is 5.32 Å². The van der Waals surface area contributed by atoms with E-state index in [9.17, 15) is 9.59 Å². The second kappa shape index (κ2) is 6.96. The lowest BCUT2D eigenvalue weighted by Crippen LogP contribution is -2.34. The summed E-state index contributed by atoms with van der Waals surface area (Å²) in [6, 6.07) is 4.10. The van der Waals surface area contributed by atoms with Crippen molar-refractivity contribution in [2.45, 2.75) is 52.9 Å². The summed E-state index contributed by atoms with van der Waals surface area (Å²) in [6.07, 6.45) is 5.73. The van der Waals surface area contributed by atoms with Crippen LogP contribution in [0.25, 0.3) is 0 Å². The molecule has 3 unspecified atom stereocenters. The topological polar surface area (TPSA) is 58.2 Å². The van der Waals surface area contributed by atoms with Crippen LogP contribution in [0.15, 0.2) is 12.1 Å². The number of amides is 2. The first-order chi connectivity index (χ1) is 11.4. The first-order valence-corrected chi connectivity index (χ1v) is 9.06. The molecule has 0 heterocycles. The third-order valence-electron chi connectivity index (χ3n) is 5.72. The van der Waals surface area contributed by atoms with Gasteiger partial charge in [-0.2, -0.15) is 0 Å². The summed E-state index contributed by atoms with van der Waals surface area (Å²) in [5, 5.41) is 5.72. The van der Waals surface area contributed by atoms with Crippen LogP contribution >= 0.6 is 0 Å². The Hall–Kier alpha value is -1.84. The van der Waals surface area contributed by atoms with Crippen LogP contribution in [0, 0.1) is 38.5 Å². The molecule has 0 saturated heterocycles. The zero-order chi connectivity index (χ0) is 17.3. The molecular formula is C20H28N2O2. The molecule has 0 aromatic heterocycles. The summed E-state index contributed by atoms with van der Waals surface area (Å²) in [7, 11) is 0. The van der Waals surface area contributed by atoms with Gasteiger partial charge in [0.1, 0.15) is 0 Å². The molecule has 130 valence electrons. The summed E-state index contributed by atoms with van der Waals surface area (Å²) in [5.41, 5.74) is 4.14. The Kier molecular flexibility index (Phi) is 4.93. The van der Waals surface area contributed by atoms with Crippen LogP contribution in [0.1, 0.15) is 48.8 Å². The van der Waals surface area contributed by atoms with Gasteiger partial charge < -0.3 is 10.6 Å². The van der Waals surface area contributed by atoms with Gasteiger partial charge in [-0.3, -0.25) is 9.59 Å². The van der Waals surface area contributed by atoms with Gasteiger partial charge in [-0.25, -0.2) is 0 Å². The second-order valence-corrected chi connectivity index (χ2v) is 7.74. The molecule has 4 heteroatoms. The molecule has 3 atom stereocenters. The summed E-state index contributed by atoms with van der Waals surface area (Å²) in [5.74, 6) is 1.98. The Labute approximate surface area is 144 Å². The Balaban J connectivity index is 1.46. The van der Waals surface area contributed by atoms with Crippen molar-refractivity contribution in [3.05, 3.63) is 28.8 Å². The molecule has 1 aromatic rings. The Morgan fingerprint density at radius 3 is 2.33 bits per heavy atom. The van der Waals surface area contributed by atoms with E-state index in [4.69, 9.17) is 0 Å². The number of anilines is 1. The molecule has 2 amide bonds. The predicted molar refractivity (Wildman–Crippen MR) is 95.8 cm³/mol. The molecule has 1 aromatic carbocycles. The van der Waals surface area contributed by atoms with Crippen molar-refractivity contribution < 1.29 is 9.59 Å². The second-order valence-electron chi connectivity index (χ2n) is 7.74. The van der Waals surface area contributed by atoms with Crippen LogP contribution in [-0.2, 0) is 9.59 Å². The maximum absolute atomic E-state index is 12.1. The van der Waals surface area contributed by atoms with Crippen LogP contribution in [0.5, 0.6) is 0 Å². The predicted octanol–water partition coefficient (Wildman–Crippen LogP) is 3.49. The molecule has 0 spiro atoms. The average Bonchev–Trinajstić information content (AvgIpc) is 3.11. The van der Waals surface area contributed by atoms with E-state index in [1.807, 2.05) is 20.8 Å². The van der Waals surface area contributed by atoms with Crippen LogP contribution in [0.4, 0.5) is 5.69 Å². The van der Waals surface area contributed by atoms with E-state index in [1.54, 1.807) is 0 Å². The van der Waals surface area contributed by atoms with E-state index in [2.05, 4.69) is 22.8 Å². The van der Waals surface area contributed by atoms with Crippen molar-refractivity contribution in [3.8, 4) is 0 Å². The van der Waals surface area contributed by atoms with Crippen molar-refractivity contribution in [2.24, 2.45) is 17.8 Å². The van der Waals surface area contributed by atoms with E-state index in [0.717, 1.165) is 28.7 Å². The summed E-state index contributed by atoms with van der Waals surface area (Å²) < 4.78 is 0. The normalized spacial score (nSPS) is 24.9. The highest BCUT2D eigenvalue weighted by Gasteiger charge is 2.40. The number of hydrogen-bond donors (Lipinski definition) is 2. The van der Waals surface area contributed by atoms with Crippen molar-refractivity contribution >= 4 is 17.5 Å². The Morgan fingerprint density at radius 2 is 1.75 bits per heavy atom. The van der Waals surface area contributed by atoms with Crippen molar-refractivity contribution in [3.63, 3.8) is 0 Å². The van der Waals surface area contributed by atoms with Gasteiger partial charge in [0, 0.05) is 12.1 Å². The van der Waals surface area contributed by atoms with Gasteiger partial charge >= 0.3 is 0 Å². The minimum atomic E-state index is -0.161. The highest BCUT2D eigenvalue weighted by Crippen LogP contribution is 2.49. The van der Waals surface area contributed by atoms with Crippen LogP contribution in [0.2, 0.25) is 0 Å². The standard InChI is InChI=1S/C20H28N2O2/c1-12-6-13(2)20(14(3)7-12)22-19(24)11-21-18(23)10-17-9-15-4-5-16(17)8-15/h6-7,15-17H,4-5,8-11H2,1-3H3,(H,21,23)(H,22,24). The number of nitrogens with one attached hydrogen (secondary N) is 2. The summed E-state index contributed by atoms with van der Waals surface area (Å²) in [4.78, 5) is 24.3. The lowest BCUT2D eigenvalue weighted by Gasteiger charge is -2.20. The monoisotopic (exact) mass is 328 g/mol. The third-order valence-corrected chi connectivity index (χ3v) is 5.72. The molecule has 2 aliphatic rings. The van der Waals surface area contributed by atoms with Gasteiger partial charge in [0.2, 0.25) is 11.8 Å². The average molecular weight is 328 g/mol. The molecule has 3 rings (SSSR count). The number of fused-ring (bicyclic) bond motifs is 2. The fourth-order valence-electron chi connectivity index (χ4n) is 4.68. The summed E-state index contributed by atoms with van der Waals surface area (Å²) >= 11 is 0. The maximum atomic E-state index is 12.1. The Bertz CT molecular complexity index is 630. The zero-order valence-electron chi connectivity index (χ0n) is 14.9. The maximum Gasteiger partial charge on any atom is 0.243 e. The zero-order valence-corrected chi connectivity index (χ0v) is 14.9. The van der Waals surface area contributed by atoms with Crippen molar-refractivity contribution in [1.29, 1.82) is 0 Å². The number of carbonyl (C=O) groups excluding carboxylic acids is 2. The number of benzene rings is 1. The van der Waals surface area contributed by atoms with E-state index in [-0.39, 0.29) is 18.4 Å². The largest absolute Gasteiger partial charge is 0.347 e. The first kappa shape index (κ1) is 17.0. The van der Waals surface area contributed by atoms with E-state index in [1.165, 1.54) is 31.2 Å². The highest BCUT2D eigenvalue weighted by atomic mass is 16.2. The summed E-state index contributed by atoms with van der Waals surface area (Å²) in [6.45, 7) is 6.07. The first-order valence-electron chi connectivity index (χ1n) is 9.06. The molecule has 2 N–H and O–H groups in total. The molecule has 0 aliphatic heterocycles. The number of aryl methyl sites for hydroxylation is 3. The molecule has 2 saturated carbocycles. The minimum Gasteiger partial charge on any atom is -0.347 e. The quantitative estimate of drug-likeness (QED) is 0.869. The molecule has 0 radical (unpaired) electrons. The van der Waals surface area contributed by atoms with E-state index < -0.39 is 0 Å². The Morgan fingerprint density at radius 1 is 1.04 bits per heavy atom. The lowest BCUT2D eigenvalue weighted by atomic mass is 9.86. The molecule has 2 aliphatic carbocycles. The fourth-order valence-corrected chi connectivity index (χ4v) is 4.68.